The molecule has 1 amide bonds. The van der Waals surface area contributed by atoms with Gasteiger partial charge in [-0.3, -0.25) is 4.79 Å². The number of carbonyl (C=O) groups excluding carboxylic acids is 1. The highest BCUT2D eigenvalue weighted by Crippen LogP contribution is 2.51. The summed E-state index contributed by atoms with van der Waals surface area (Å²) in [7, 11) is 0. The van der Waals surface area contributed by atoms with Gasteiger partial charge in [0.2, 0.25) is 0 Å². The molecule has 5 nitrogen and oxygen atoms in total. The molecular formula is C30H30N2O3. The van der Waals surface area contributed by atoms with Gasteiger partial charge < -0.3 is 19.7 Å². The summed E-state index contributed by atoms with van der Waals surface area (Å²) in [4.78, 5) is 15.0. The zero-order valence-electron chi connectivity index (χ0n) is 19.7. The predicted octanol–water partition coefficient (Wildman–Crippen LogP) is 5.56. The molecule has 3 unspecified atom stereocenters. The van der Waals surface area contributed by atoms with Gasteiger partial charge in [0.1, 0.15) is 12.4 Å². The minimum atomic E-state index is 0.0939. The van der Waals surface area contributed by atoms with Crippen molar-refractivity contribution in [1.82, 2.24) is 4.90 Å². The highest BCUT2D eigenvalue weighted by molar-refractivity contribution is 5.95. The fourth-order valence-corrected chi connectivity index (χ4v) is 5.59. The zero-order chi connectivity index (χ0) is 23.6. The van der Waals surface area contributed by atoms with Crippen LogP contribution in [0.1, 0.15) is 45.4 Å². The number of morpholine rings is 1. The van der Waals surface area contributed by atoms with Gasteiger partial charge in [-0.25, -0.2) is 0 Å². The van der Waals surface area contributed by atoms with E-state index in [-0.39, 0.29) is 17.9 Å². The lowest BCUT2D eigenvalue weighted by Gasteiger charge is -2.38. The fourth-order valence-electron chi connectivity index (χ4n) is 5.59. The van der Waals surface area contributed by atoms with Crippen molar-refractivity contribution in [2.45, 2.75) is 25.0 Å². The summed E-state index contributed by atoms with van der Waals surface area (Å²) in [5.74, 6) is 1.66. The minimum absolute atomic E-state index is 0.0939. The van der Waals surface area contributed by atoms with E-state index >= 15 is 0 Å². The van der Waals surface area contributed by atoms with Gasteiger partial charge >= 0.3 is 0 Å². The van der Waals surface area contributed by atoms with Gasteiger partial charge in [-0.05, 0) is 47.7 Å². The van der Waals surface area contributed by atoms with Gasteiger partial charge in [-0.1, -0.05) is 60.7 Å². The lowest BCUT2D eigenvalue weighted by Crippen LogP contribution is -2.40. The molecule has 3 atom stereocenters. The molecule has 6 rings (SSSR count). The Morgan fingerprint density at radius 2 is 1.77 bits per heavy atom. The number of ether oxygens (including phenoxy) is 2. The lowest BCUT2D eigenvalue weighted by molar-refractivity contribution is 0.0303. The first-order valence-corrected chi connectivity index (χ1v) is 12.5. The van der Waals surface area contributed by atoms with E-state index in [1.807, 2.05) is 35.2 Å². The van der Waals surface area contributed by atoms with Crippen molar-refractivity contribution >= 4 is 11.6 Å². The third-order valence-corrected chi connectivity index (χ3v) is 7.40. The van der Waals surface area contributed by atoms with E-state index in [1.165, 1.54) is 11.1 Å². The van der Waals surface area contributed by atoms with E-state index in [2.05, 4.69) is 59.9 Å². The number of para-hydroxylation sites is 1. The molecule has 1 saturated heterocycles. The van der Waals surface area contributed by atoms with Crippen LogP contribution >= 0.6 is 0 Å². The molecule has 3 aliphatic rings. The Morgan fingerprint density at radius 3 is 2.63 bits per heavy atom. The van der Waals surface area contributed by atoms with E-state index in [0.717, 1.165) is 29.0 Å². The average Bonchev–Trinajstić information content (AvgIpc) is 3.43. The van der Waals surface area contributed by atoms with Gasteiger partial charge in [0.05, 0.1) is 19.3 Å². The molecule has 2 aliphatic heterocycles. The SMILES string of the molecule is O=C(c1ccc2c(c1)C1C=CCC1C(c1ccccc1OCc1ccccc1)N2)N1CCOCC1. The zero-order valence-corrected chi connectivity index (χ0v) is 19.7. The first-order valence-electron chi connectivity index (χ1n) is 12.5. The van der Waals surface area contributed by atoms with E-state index in [9.17, 15) is 4.79 Å². The summed E-state index contributed by atoms with van der Waals surface area (Å²) in [6, 6.07) is 24.9. The van der Waals surface area contributed by atoms with Crippen molar-refractivity contribution in [1.29, 1.82) is 0 Å². The standard InChI is InChI=1S/C30H30N2O3/c33-30(32-15-17-34-18-16-32)22-13-14-27-26(19-22)23-10-6-11-24(23)29(31-27)25-9-4-5-12-28(25)35-20-21-7-2-1-3-8-21/h1-10,12-14,19,23-24,29,31H,11,15-18,20H2. The van der Waals surface area contributed by atoms with E-state index < -0.39 is 0 Å². The van der Waals surface area contributed by atoms with E-state index in [4.69, 9.17) is 9.47 Å². The molecule has 0 aromatic heterocycles. The van der Waals surface area contributed by atoms with E-state index in [1.54, 1.807) is 0 Å². The molecule has 3 aromatic rings. The van der Waals surface area contributed by atoms with Crippen LogP contribution < -0.4 is 10.1 Å². The number of amides is 1. The minimum Gasteiger partial charge on any atom is -0.489 e. The quantitative estimate of drug-likeness (QED) is 0.500. The number of nitrogens with one attached hydrogen (secondary N) is 1. The number of benzene rings is 3. The second kappa shape index (κ2) is 9.59. The van der Waals surface area contributed by atoms with Crippen molar-refractivity contribution in [2.75, 3.05) is 31.6 Å². The van der Waals surface area contributed by atoms with Crippen LogP contribution in [0.25, 0.3) is 0 Å². The summed E-state index contributed by atoms with van der Waals surface area (Å²) < 4.78 is 11.7. The van der Waals surface area contributed by atoms with Gasteiger partial charge in [0.25, 0.3) is 5.91 Å². The van der Waals surface area contributed by atoms with Gasteiger partial charge in [0.15, 0.2) is 0 Å². The second-order valence-electron chi connectivity index (χ2n) is 9.49. The van der Waals surface area contributed by atoms with Crippen molar-refractivity contribution in [2.24, 2.45) is 5.92 Å². The molecule has 0 radical (unpaired) electrons. The molecule has 2 heterocycles. The predicted molar refractivity (Wildman–Crippen MR) is 137 cm³/mol. The summed E-state index contributed by atoms with van der Waals surface area (Å²) in [5.41, 5.74) is 5.40. The van der Waals surface area contributed by atoms with Crippen LogP contribution in [-0.2, 0) is 11.3 Å². The number of carbonyl (C=O) groups is 1. The van der Waals surface area contributed by atoms with Gasteiger partial charge in [-0.15, -0.1) is 0 Å². The summed E-state index contributed by atoms with van der Waals surface area (Å²) in [5, 5.41) is 3.80. The number of fused-ring (bicyclic) bond motifs is 3. The number of rotatable bonds is 5. The summed E-state index contributed by atoms with van der Waals surface area (Å²) >= 11 is 0. The normalized spacial score (nSPS) is 22.7. The molecule has 1 fully saturated rings. The Hall–Kier alpha value is -3.57. The van der Waals surface area contributed by atoms with E-state index in [0.29, 0.717) is 38.8 Å². The summed E-state index contributed by atoms with van der Waals surface area (Å²) in [6.07, 6.45) is 5.59. The molecule has 5 heteroatoms. The number of hydrogen-bond acceptors (Lipinski definition) is 4. The van der Waals surface area contributed by atoms with Gasteiger partial charge in [-0.2, -0.15) is 0 Å². The molecule has 1 N–H and O–H groups in total. The maximum atomic E-state index is 13.1. The highest BCUT2D eigenvalue weighted by Gasteiger charge is 2.39. The molecule has 0 spiro atoms. The van der Waals surface area contributed by atoms with Crippen molar-refractivity contribution in [3.8, 4) is 5.75 Å². The van der Waals surface area contributed by atoms with Crippen molar-refractivity contribution < 1.29 is 14.3 Å². The van der Waals surface area contributed by atoms with Crippen LogP contribution in [0, 0.1) is 5.92 Å². The average molecular weight is 467 g/mol. The molecule has 3 aromatic carbocycles. The highest BCUT2D eigenvalue weighted by atomic mass is 16.5. The Balaban J connectivity index is 1.28. The lowest BCUT2D eigenvalue weighted by atomic mass is 9.76. The maximum Gasteiger partial charge on any atom is 0.254 e. The Morgan fingerprint density at radius 1 is 0.971 bits per heavy atom. The van der Waals surface area contributed by atoms with Crippen LogP contribution in [0.4, 0.5) is 5.69 Å². The second-order valence-corrected chi connectivity index (χ2v) is 9.49. The fraction of sp³-hybridized carbons (Fsp3) is 0.300. The first kappa shape index (κ1) is 21.9. The molecule has 1 aliphatic carbocycles. The third-order valence-electron chi connectivity index (χ3n) is 7.40. The van der Waals surface area contributed by atoms with Crippen LogP contribution in [-0.4, -0.2) is 37.1 Å². The molecule has 0 saturated carbocycles. The van der Waals surface area contributed by atoms with Gasteiger partial charge in [0, 0.05) is 35.8 Å². The van der Waals surface area contributed by atoms with Crippen LogP contribution in [0.3, 0.4) is 0 Å². The molecule has 35 heavy (non-hydrogen) atoms. The van der Waals surface area contributed by atoms with Crippen LogP contribution in [0.5, 0.6) is 5.75 Å². The Bertz CT molecular complexity index is 1230. The third kappa shape index (κ3) is 4.32. The molecule has 178 valence electrons. The Labute approximate surface area is 206 Å². The smallest absolute Gasteiger partial charge is 0.254 e. The first-order chi connectivity index (χ1) is 17.3. The molecular weight excluding hydrogens is 436 g/mol. The van der Waals surface area contributed by atoms with Crippen LogP contribution in [0.2, 0.25) is 0 Å². The maximum absolute atomic E-state index is 13.1. The topological polar surface area (TPSA) is 50.8 Å². The van der Waals surface area contributed by atoms with Crippen molar-refractivity contribution in [3.63, 3.8) is 0 Å². The number of anilines is 1. The summed E-state index contributed by atoms with van der Waals surface area (Å²) in [6.45, 7) is 3.07. The number of allylic oxidation sites excluding steroid dienone is 2. The largest absolute Gasteiger partial charge is 0.489 e. The number of nitrogens with zero attached hydrogens (tertiary/aromatic N) is 1. The van der Waals surface area contributed by atoms with Crippen molar-refractivity contribution in [3.05, 3.63) is 107 Å². The monoisotopic (exact) mass is 466 g/mol. The Kier molecular flexibility index (Phi) is 6.01. The van der Waals surface area contributed by atoms with Crippen LogP contribution in [0.15, 0.2) is 84.9 Å². The number of hydrogen-bond donors (Lipinski definition) is 1. The molecule has 0 bridgehead atoms.